The molecule has 5 nitrogen and oxygen atoms in total. The van der Waals surface area contributed by atoms with Gasteiger partial charge in [-0.1, -0.05) is 48.0 Å². The lowest BCUT2D eigenvalue weighted by atomic mass is 9.77. The summed E-state index contributed by atoms with van der Waals surface area (Å²) in [5, 5.41) is 3.69. The fraction of sp³-hybridized carbons (Fsp3) is 0.259. The van der Waals surface area contributed by atoms with Gasteiger partial charge in [-0.3, -0.25) is 4.72 Å². The van der Waals surface area contributed by atoms with E-state index in [0.717, 1.165) is 23.2 Å². The highest BCUT2D eigenvalue weighted by atomic mass is 32.2. The van der Waals surface area contributed by atoms with Crippen LogP contribution in [0.3, 0.4) is 0 Å². The Balaban J connectivity index is 1.50. The third-order valence-electron chi connectivity index (χ3n) is 6.65. The van der Waals surface area contributed by atoms with Crippen LogP contribution in [0.2, 0.25) is 0 Å². The highest BCUT2D eigenvalue weighted by Gasteiger charge is 2.38. The highest BCUT2D eigenvalue weighted by molar-refractivity contribution is 7.92. The van der Waals surface area contributed by atoms with Gasteiger partial charge in [0.25, 0.3) is 10.0 Å². The third-order valence-corrected chi connectivity index (χ3v) is 8.01. The maximum absolute atomic E-state index is 13.3. The average molecular weight is 461 g/mol. The molecule has 5 rings (SSSR count). The van der Waals surface area contributed by atoms with Crippen molar-refractivity contribution in [3.05, 3.63) is 95.1 Å². The molecule has 1 aliphatic carbocycles. The second-order valence-corrected chi connectivity index (χ2v) is 10.6. The van der Waals surface area contributed by atoms with E-state index in [1.165, 1.54) is 18.2 Å². The molecule has 0 bridgehead atoms. The molecule has 3 aromatic rings. The van der Waals surface area contributed by atoms with E-state index in [2.05, 4.69) is 53.4 Å². The van der Waals surface area contributed by atoms with Gasteiger partial charge in [0.1, 0.15) is 5.75 Å². The zero-order valence-electron chi connectivity index (χ0n) is 19.0. The van der Waals surface area contributed by atoms with E-state index in [9.17, 15) is 8.42 Å². The number of benzene rings is 3. The second kappa shape index (κ2) is 8.27. The first-order valence-corrected chi connectivity index (χ1v) is 12.7. The number of methoxy groups -OCH3 is 1. The standard InChI is InChI=1S/C27H28N2O3S/c1-17-6-4-7-19(14-17)27-22-9-5-8-21(22)23-16-20(11-12-24(23)28-27)33(30,31)29-25-15-18(2)10-13-26(25)32-3/h4-8,10-16,21-22,27-29H,9H2,1-3H3/t21-,22+,27+/m0/s1. The number of fused-ring (bicyclic) bond motifs is 3. The number of hydrogen-bond acceptors (Lipinski definition) is 4. The number of aryl methyl sites for hydroxylation is 2. The molecule has 0 saturated heterocycles. The minimum absolute atomic E-state index is 0.176. The predicted molar refractivity (Wildman–Crippen MR) is 133 cm³/mol. The molecule has 0 fully saturated rings. The SMILES string of the molecule is COc1ccc(C)cc1NS(=O)(=O)c1ccc2c(c1)[C@H]1C=CC[C@H]1[C@@H](c1cccc(C)c1)N2. The van der Waals surface area contributed by atoms with Crippen LogP contribution in [0.15, 0.2) is 77.7 Å². The molecule has 3 aromatic carbocycles. The van der Waals surface area contributed by atoms with E-state index >= 15 is 0 Å². The van der Waals surface area contributed by atoms with Gasteiger partial charge in [-0.05, 0) is 73.2 Å². The summed E-state index contributed by atoms with van der Waals surface area (Å²) in [5.41, 5.74) is 5.90. The molecule has 170 valence electrons. The molecule has 1 aliphatic heterocycles. The fourth-order valence-corrected chi connectivity index (χ4v) is 6.13. The van der Waals surface area contributed by atoms with Crippen LogP contribution in [-0.4, -0.2) is 15.5 Å². The van der Waals surface area contributed by atoms with Gasteiger partial charge in [-0.15, -0.1) is 0 Å². The van der Waals surface area contributed by atoms with Crippen molar-refractivity contribution in [1.29, 1.82) is 0 Å². The van der Waals surface area contributed by atoms with Crippen molar-refractivity contribution >= 4 is 21.4 Å². The number of anilines is 2. The summed E-state index contributed by atoms with van der Waals surface area (Å²) in [6.45, 7) is 4.02. The molecule has 0 unspecified atom stereocenters. The smallest absolute Gasteiger partial charge is 0.262 e. The molecule has 33 heavy (non-hydrogen) atoms. The Morgan fingerprint density at radius 1 is 1.00 bits per heavy atom. The lowest BCUT2D eigenvalue weighted by Crippen LogP contribution is -2.29. The number of nitrogens with one attached hydrogen (secondary N) is 2. The Hall–Kier alpha value is -3.25. The quantitative estimate of drug-likeness (QED) is 0.463. The molecule has 1 heterocycles. The Labute approximate surface area is 195 Å². The topological polar surface area (TPSA) is 67.4 Å². The molecule has 0 saturated carbocycles. The minimum Gasteiger partial charge on any atom is -0.495 e. The first-order valence-electron chi connectivity index (χ1n) is 11.2. The van der Waals surface area contributed by atoms with Crippen LogP contribution >= 0.6 is 0 Å². The summed E-state index contributed by atoms with van der Waals surface area (Å²) in [7, 11) is -2.25. The largest absolute Gasteiger partial charge is 0.495 e. The van der Waals surface area contributed by atoms with Crippen molar-refractivity contribution in [1.82, 2.24) is 0 Å². The number of allylic oxidation sites excluding steroid dienone is 2. The van der Waals surface area contributed by atoms with Crippen LogP contribution in [0.5, 0.6) is 5.75 Å². The molecular formula is C27H28N2O3S. The van der Waals surface area contributed by atoms with Crippen LogP contribution in [0, 0.1) is 19.8 Å². The highest BCUT2D eigenvalue weighted by Crippen LogP contribution is 2.50. The van der Waals surface area contributed by atoms with Gasteiger partial charge in [0.15, 0.2) is 0 Å². The van der Waals surface area contributed by atoms with Crippen LogP contribution in [0.25, 0.3) is 0 Å². The average Bonchev–Trinajstić information content (AvgIpc) is 3.28. The first-order chi connectivity index (χ1) is 15.9. The summed E-state index contributed by atoms with van der Waals surface area (Å²) < 4.78 is 34.6. The van der Waals surface area contributed by atoms with Gasteiger partial charge < -0.3 is 10.1 Å². The summed E-state index contributed by atoms with van der Waals surface area (Å²) in [6.07, 6.45) is 5.40. The van der Waals surface area contributed by atoms with E-state index in [0.29, 0.717) is 17.4 Å². The number of rotatable bonds is 5. The summed E-state index contributed by atoms with van der Waals surface area (Å²) >= 11 is 0. The van der Waals surface area contributed by atoms with Crippen molar-refractivity contribution in [3.63, 3.8) is 0 Å². The molecule has 0 spiro atoms. The summed E-state index contributed by atoms with van der Waals surface area (Å²) in [5.74, 6) is 1.01. The van der Waals surface area contributed by atoms with Gasteiger partial charge >= 0.3 is 0 Å². The number of ether oxygens (including phenoxy) is 1. The predicted octanol–water partition coefficient (Wildman–Crippen LogP) is 5.94. The molecule has 0 radical (unpaired) electrons. The molecule has 0 aromatic heterocycles. The Kier molecular flexibility index (Phi) is 5.41. The maximum Gasteiger partial charge on any atom is 0.262 e. The third kappa shape index (κ3) is 4.00. The van der Waals surface area contributed by atoms with Crippen LogP contribution < -0.4 is 14.8 Å². The minimum atomic E-state index is -3.78. The maximum atomic E-state index is 13.3. The van der Waals surface area contributed by atoms with Gasteiger partial charge in [0, 0.05) is 11.6 Å². The van der Waals surface area contributed by atoms with Gasteiger partial charge in [-0.25, -0.2) is 8.42 Å². The lowest BCUT2D eigenvalue weighted by molar-refractivity contribution is 0.417. The summed E-state index contributed by atoms with van der Waals surface area (Å²) in [6, 6.07) is 19.6. The fourth-order valence-electron chi connectivity index (χ4n) is 5.04. The monoisotopic (exact) mass is 460 g/mol. The molecule has 2 N–H and O–H groups in total. The summed E-state index contributed by atoms with van der Waals surface area (Å²) in [4.78, 5) is 0.250. The van der Waals surface area contributed by atoms with Crippen molar-refractivity contribution in [3.8, 4) is 5.75 Å². The van der Waals surface area contributed by atoms with Gasteiger partial charge in [0.2, 0.25) is 0 Å². The van der Waals surface area contributed by atoms with Crippen molar-refractivity contribution in [2.75, 3.05) is 17.1 Å². The van der Waals surface area contributed by atoms with E-state index < -0.39 is 10.0 Å². The van der Waals surface area contributed by atoms with E-state index in [-0.39, 0.29) is 16.9 Å². The molecule has 3 atom stereocenters. The second-order valence-electron chi connectivity index (χ2n) is 8.95. The van der Waals surface area contributed by atoms with E-state index in [4.69, 9.17) is 4.74 Å². The van der Waals surface area contributed by atoms with E-state index in [1.807, 2.05) is 25.1 Å². The van der Waals surface area contributed by atoms with Crippen molar-refractivity contribution in [2.45, 2.75) is 37.1 Å². The van der Waals surface area contributed by atoms with Crippen molar-refractivity contribution < 1.29 is 13.2 Å². The Morgan fingerprint density at radius 3 is 2.61 bits per heavy atom. The van der Waals surface area contributed by atoms with Gasteiger partial charge in [0.05, 0.1) is 23.7 Å². The van der Waals surface area contributed by atoms with Gasteiger partial charge in [-0.2, -0.15) is 0 Å². The molecule has 2 aliphatic rings. The lowest BCUT2D eigenvalue weighted by Gasteiger charge is -2.37. The van der Waals surface area contributed by atoms with Crippen LogP contribution in [0.4, 0.5) is 11.4 Å². The first kappa shape index (κ1) is 21.6. The normalized spacial score (nSPS) is 21.1. The van der Waals surface area contributed by atoms with Crippen LogP contribution in [0.1, 0.15) is 40.6 Å². The Bertz CT molecular complexity index is 1350. The van der Waals surface area contributed by atoms with Crippen LogP contribution in [-0.2, 0) is 10.0 Å². The number of sulfonamides is 1. The molecular weight excluding hydrogens is 432 g/mol. The number of hydrogen-bond donors (Lipinski definition) is 2. The van der Waals surface area contributed by atoms with Crippen molar-refractivity contribution in [2.24, 2.45) is 5.92 Å². The van der Waals surface area contributed by atoms with E-state index in [1.54, 1.807) is 18.2 Å². The zero-order chi connectivity index (χ0) is 23.2. The Morgan fingerprint density at radius 2 is 1.82 bits per heavy atom. The molecule has 0 amide bonds. The zero-order valence-corrected chi connectivity index (χ0v) is 19.8. The molecule has 6 heteroatoms.